The summed E-state index contributed by atoms with van der Waals surface area (Å²) in [4.78, 5) is 5.04. The van der Waals surface area contributed by atoms with Crippen LogP contribution in [0.5, 0.6) is 0 Å². The zero-order valence-corrected chi connectivity index (χ0v) is 49.2. The monoisotopic (exact) mass is 1100 g/mol. The third-order valence-electron chi connectivity index (χ3n) is 18.5. The van der Waals surface area contributed by atoms with Crippen molar-refractivity contribution in [3.05, 3.63) is 278 Å². The van der Waals surface area contributed by atoms with Gasteiger partial charge in [0.05, 0.1) is 55.8 Å². The first-order chi connectivity index (χ1) is 42.0. The lowest BCUT2D eigenvalue weighted by Crippen LogP contribution is -2.12. The average molecular weight is 1100 g/mol. The van der Waals surface area contributed by atoms with Crippen molar-refractivity contribution < 1.29 is 0 Å². The van der Waals surface area contributed by atoms with Crippen LogP contribution in [0, 0.1) is 0 Å². The lowest BCUT2D eigenvalue weighted by molar-refractivity contribution is 0.594. The maximum atomic E-state index is 2.65. The molecule has 17 aromatic rings. The highest BCUT2D eigenvalue weighted by molar-refractivity contribution is 6.33. The van der Waals surface area contributed by atoms with E-state index >= 15 is 0 Å². The number of nitrogens with zero attached hydrogens (tertiary/aromatic N) is 4. The highest BCUT2D eigenvalue weighted by Gasteiger charge is 2.32. The summed E-state index contributed by atoms with van der Waals surface area (Å²) in [6.45, 7) is 14.2. The number of para-hydroxylation sites is 6. The molecule has 0 aliphatic heterocycles. The Balaban J connectivity index is 0.967. The van der Waals surface area contributed by atoms with Gasteiger partial charge in [0.15, 0.2) is 0 Å². The van der Waals surface area contributed by atoms with E-state index in [1.807, 2.05) is 0 Å². The fourth-order valence-corrected chi connectivity index (χ4v) is 14.7. The highest BCUT2D eigenvalue weighted by atomic mass is 15.2. The second kappa shape index (κ2) is 18.5. The second-order valence-electron chi connectivity index (χ2n) is 25.7. The third kappa shape index (κ3) is 7.35. The topological polar surface area (TPSA) is 15.3 Å². The van der Waals surface area contributed by atoms with E-state index in [9.17, 15) is 0 Å². The number of benzene rings is 13. The quantitative estimate of drug-likeness (QED) is 0.151. The number of hydrogen-bond donors (Lipinski definition) is 0. The molecule has 0 spiro atoms. The Labute approximate surface area is 500 Å². The molecular weight excluding hydrogens is 1040 g/mol. The molecule has 0 unspecified atom stereocenters. The van der Waals surface area contributed by atoms with Crippen molar-refractivity contribution in [1.82, 2.24) is 8.80 Å². The highest BCUT2D eigenvalue weighted by Crippen LogP contribution is 2.54. The van der Waals surface area contributed by atoms with Crippen molar-refractivity contribution in [2.45, 2.75) is 52.4 Å². The van der Waals surface area contributed by atoms with Crippen LogP contribution < -0.4 is 9.80 Å². The van der Waals surface area contributed by atoms with Gasteiger partial charge in [0, 0.05) is 65.6 Å². The summed E-state index contributed by atoms with van der Waals surface area (Å²) >= 11 is 0. The summed E-state index contributed by atoms with van der Waals surface area (Å²) in [5.41, 5.74) is 21.3. The molecule has 13 aromatic carbocycles. The largest absolute Gasteiger partial charge is 0.309 e. The van der Waals surface area contributed by atoms with Crippen molar-refractivity contribution in [3.8, 4) is 22.3 Å². The molecule has 0 saturated heterocycles. The number of fused-ring (bicyclic) bond motifs is 14. The van der Waals surface area contributed by atoms with Crippen LogP contribution in [0.2, 0.25) is 0 Å². The summed E-state index contributed by atoms with van der Waals surface area (Å²) in [5, 5.41) is 14.9. The summed E-state index contributed by atoms with van der Waals surface area (Å²) in [6.07, 6.45) is 0. The van der Waals surface area contributed by atoms with E-state index < -0.39 is 0 Å². The first-order valence-electron chi connectivity index (χ1n) is 30.3. The van der Waals surface area contributed by atoms with E-state index in [4.69, 9.17) is 0 Å². The molecule has 86 heavy (non-hydrogen) atoms. The van der Waals surface area contributed by atoms with Crippen molar-refractivity contribution >= 4 is 132 Å². The molecule has 0 amide bonds. The summed E-state index contributed by atoms with van der Waals surface area (Å²) in [5.74, 6) is 0. The number of rotatable bonds is 8. The third-order valence-corrected chi connectivity index (χ3v) is 18.5. The second-order valence-corrected chi connectivity index (χ2v) is 25.7. The first-order valence-corrected chi connectivity index (χ1v) is 30.3. The molecule has 410 valence electrons. The van der Waals surface area contributed by atoms with Crippen LogP contribution in [-0.4, -0.2) is 8.80 Å². The Hall–Kier alpha value is -10.4. The molecule has 17 rings (SSSR count). The van der Waals surface area contributed by atoms with E-state index in [-0.39, 0.29) is 10.8 Å². The summed E-state index contributed by atoms with van der Waals surface area (Å²) in [7, 11) is 0. The minimum absolute atomic E-state index is 0.158. The van der Waals surface area contributed by atoms with Gasteiger partial charge in [-0.25, -0.2) is 0 Å². The first kappa shape index (κ1) is 50.1. The van der Waals surface area contributed by atoms with Crippen LogP contribution in [-0.2, 0) is 10.8 Å². The molecule has 4 nitrogen and oxygen atoms in total. The molecule has 4 heterocycles. The minimum Gasteiger partial charge on any atom is -0.309 e. The molecule has 0 atom stereocenters. The Morgan fingerprint density at radius 3 is 1.07 bits per heavy atom. The fraction of sp³-hybridized carbons (Fsp3) is 0.0976. The van der Waals surface area contributed by atoms with Crippen LogP contribution in [0.15, 0.2) is 267 Å². The van der Waals surface area contributed by atoms with Crippen LogP contribution in [0.25, 0.3) is 120 Å². The number of aromatic nitrogens is 2. The zero-order valence-electron chi connectivity index (χ0n) is 49.2. The predicted octanol–water partition coefficient (Wildman–Crippen LogP) is 23.2. The van der Waals surface area contributed by atoms with Crippen molar-refractivity contribution in [2.75, 3.05) is 9.80 Å². The van der Waals surface area contributed by atoms with Gasteiger partial charge in [-0.3, -0.25) is 0 Å². The molecular formula is C82H62N4. The van der Waals surface area contributed by atoms with Gasteiger partial charge >= 0.3 is 0 Å². The molecule has 0 fully saturated rings. The van der Waals surface area contributed by atoms with Gasteiger partial charge in [-0.05, 0) is 127 Å². The molecule has 0 aliphatic carbocycles. The Kier molecular flexibility index (Phi) is 10.8. The maximum Gasteiger partial charge on any atom is 0.0641 e. The van der Waals surface area contributed by atoms with Gasteiger partial charge in [0.1, 0.15) is 0 Å². The van der Waals surface area contributed by atoms with Gasteiger partial charge in [-0.15, -0.1) is 0 Å². The van der Waals surface area contributed by atoms with E-state index in [2.05, 4.69) is 327 Å². The molecule has 0 bridgehead atoms. The molecule has 0 aliphatic rings. The summed E-state index contributed by atoms with van der Waals surface area (Å²) in [6, 6.07) is 99.8. The van der Waals surface area contributed by atoms with Gasteiger partial charge in [-0.1, -0.05) is 236 Å². The molecule has 0 N–H and O–H groups in total. The Bertz CT molecular complexity index is 5210. The normalized spacial score (nSPS) is 12.5. The maximum absolute atomic E-state index is 2.65. The standard InChI is InChI=1S/C82H62N4/c1-81(2,3)67-35-21-33-63-75-71(83(57-27-9-7-10-28-57)69-37-19-17-31-59(69)55-41-39-51-23-13-15-25-53(51)47-55)45-43-61-65-50-74-66(49-73(65)85(77(63)67)79(61)75)62-44-46-72(76-64-34-22-36-68(82(4,5)6)78(64)86(74)80(62)76)84(58-29-11-8-12-30-58)70-38-20-18-32-60(70)56-42-40-52-24-14-16-26-54(52)48-56/h7-50H,1-6H3. The van der Waals surface area contributed by atoms with E-state index in [1.54, 1.807) is 0 Å². The van der Waals surface area contributed by atoms with Crippen LogP contribution in [0.4, 0.5) is 34.1 Å². The zero-order chi connectivity index (χ0) is 57.7. The van der Waals surface area contributed by atoms with Gasteiger partial charge in [0.25, 0.3) is 0 Å². The molecule has 4 heteroatoms. The Morgan fingerprint density at radius 2 is 0.651 bits per heavy atom. The van der Waals surface area contributed by atoms with Crippen LogP contribution >= 0.6 is 0 Å². The molecule has 0 radical (unpaired) electrons. The van der Waals surface area contributed by atoms with Crippen molar-refractivity contribution in [2.24, 2.45) is 0 Å². The predicted molar refractivity (Wildman–Crippen MR) is 368 cm³/mol. The van der Waals surface area contributed by atoms with Gasteiger partial charge in [0.2, 0.25) is 0 Å². The SMILES string of the molecule is CC(C)(C)c1cccc2c3c(N(c4ccccc4)c4ccccc4-c4ccc5ccccc5c4)ccc4c5cc6c(cc5n(c12)c43)c1ccc(N(c2ccccc2)c2ccccc2-c2ccc3ccccc3c2)c2c3cccc(C(C)(C)C)c3n6c12. The average Bonchev–Trinajstić information content (AvgIpc) is 1.53. The van der Waals surface area contributed by atoms with E-state index in [0.717, 1.165) is 34.1 Å². The Morgan fingerprint density at radius 1 is 0.267 bits per heavy atom. The minimum atomic E-state index is -0.158. The fourth-order valence-electron chi connectivity index (χ4n) is 14.7. The van der Waals surface area contributed by atoms with Crippen molar-refractivity contribution in [1.29, 1.82) is 0 Å². The van der Waals surface area contributed by atoms with Gasteiger partial charge in [-0.2, -0.15) is 0 Å². The van der Waals surface area contributed by atoms with E-state index in [1.165, 1.54) is 131 Å². The lowest BCUT2D eigenvalue weighted by atomic mass is 9.85. The van der Waals surface area contributed by atoms with E-state index in [0.29, 0.717) is 0 Å². The lowest BCUT2D eigenvalue weighted by Gasteiger charge is -2.29. The number of anilines is 6. The number of hydrogen-bond acceptors (Lipinski definition) is 2. The van der Waals surface area contributed by atoms with Crippen LogP contribution in [0.3, 0.4) is 0 Å². The molecule has 4 aromatic heterocycles. The smallest absolute Gasteiger partial charge is 0.0641 e. The molecule has 0 saturated carbocycles. The van der Waals surface area contributed by atoms with Gasteiger partial charge < -0.3 is 18.6 Å². The van der Waals surface area contributed by atoms with Crippen molar-refractivity contribution in [3.63, 3.8) is 0 Å². The summed E-state index contributed by atoms with van der Waals surface area (Å²) < 4.78 is 5.30. The van der Waals surface area contributed by atoms with Crippen LogP contribution in [0.1, 0.15) is 52.7 Å².